The lowest BCUT2D eigenvalue weighted by Crippen LogP contribution is -2.14. The van der Waals surface area contributed by atoms with Gasteiger partial charge < -0.3 is 15.6 Å². The van der Waals surface area contributed by atoms with Gasteiger partial charge in [-0.25, -0.2) is 4.79 Å². The number of carbonyl (C=O) groups excluding carboxylic acids is 1. The summed E-state index contributed by atoms with van der Waals surface area (Å²) in [6.07, 6.45) is -0.558. The highest BCUT2D eigenvalue weighted by molar-refractivity contribution is 5.59. The Labute approximate surface area is 80.2 Å². The van der Waals surface area contributed by atoms with Crippen LogP contribution in [0.1, 0.15) is 27.7 Å². The first-order valence-corrected chi connectivity index (χ1v) is 4.32. The summed E-state index contributed by atoms with van der Waals surface area (Å²) >= 11 is 0. The van der Waals surface area contributed by atoms with Crippen molar-refractivity contribution in [3.8, 4) is 0 Å². The van der Waals surface area contributed by atoms with E-state index in [0.717, 1.165) is 0 Å². The lowest BCUT2D eigenvalue weighted by molar-refractivity contribution is 0.0404. The van der Waals surface area contributed by atoms with Crippen LogP contribution in [0.2, 0.25) is 0 Å². The second-order valence-corrected chi connectivity index (χ2v) is 3.66. The molecule has 0 unspecified atom stereocenters. The molecule has 13 heavy (non-hydrogen) atoms. The first kappa shape index (κ1) is 14.7. The van der Waals surface area contributed by atoms with E-state index in [-0.39, 0.29) is 6.15 Å². The van der Waals surface area contributed by atoms with E-state index >= 15 is 0 Å². The first-order chi connectivity index (χ1) is 5.52. The minimum absolute atomic E-state index is 0. The molecule has 0 amide bonds. The number of rotatable bonds is 4. The number of ether oxygens (including phenoxy) is 2. The highest BCUT2D eigenvalue weighted by Gasteiger charge is 2.05. The summed E-state index contributed by atoms with van der Waals surface area (Å²) in [5.74, 6) is 0.716. The van der Waals surface area contributed by atoms with E-state index < -0.39 is 6.16 Å². The second-order valence-electron chi connectivity index (χ2n) is 3.66. The third-order valence-electron chi connectivity index (χ3n) is 1.07. The van der Waals surface area contributed by atoms with Crippen LogP contribution in [0.3, 0.4) is 0 Å². The van der Waals surface area contributed by atoms with Crippen molar-refractivity contribution in [3.05, 3.63) is 0 Å². The van der Waals surface area contributed by atoms with Gasteiger partial charge in [-0.2, -0.15) is 0 Å². The molecule has 0 aromatic heterocycles. The molecule has 3 N–H and O–H groups in total. The fraction of sp³-hybridized carbons (Fsp3) is 0.889. The molecular formula is C9H21NO3. The van der Waals surface area contributed by atoms with Crippen molar-refractivity contribution < 1.29 is 14.3 Å². The molecule has 0 fully saturated rings. The summed E-state index contributed by atoms with van der Waals surface area (Å²) in [7, 11) is 0. The minimum atomic E-state index is -0.558. The second kappa shape index (κ2) is 7.86. The molecule has 0 saturated heterocycles. The van der Waals surface area contributed by atoms with Crippen molar-refractivity contribution in [2.45, 2.75) is 27.7 Å². The fourth-order valence-corrected chi connectivity index (χ4v) is 0.511. The highest BCUT2D eigenvalue weighted by atomic mass is 16.7. The van der Waals surface area contributed by atoms with Gasteiger partial charge >= 0.3 is 6.16 Å². The van der Waals surface area contributed by atoms with Gasteiger partial charge in [0.05, 0.1) is 13.2 Å². The lowest BCUT2D eigenvalue weighted by atomic mass is 10.2. The lowest BCUT2D eigenvalue weighted by Gasteiger charge is -2.08. The molecule has 0 aromatic carbocycles. The van der Waals surface area contributed by atoms with Gasteiger partial charge in [-0.05, 0) is 11.8 Å². The summed E-state index contributed by atoms with van der Waals surface area (Å²) in [5.41, 5.74) is 0. The van der Waals surface area contributed by atoms with Crippen LogP contribution in [0.5, 0.6) is 0 Å². The van der Waals surface area contributed by atoms with Crippen molar-refractivity contribution in [2.75, 3.05) is 13.2 Å². The molecule has 0 saturated carbocycles. The van der Waals surface area contributed by atoms with Gasteiger partial charge in [0.25, 0.3) is 0 Å². The first-order valence-electron chi connectivity index (χ1n) is 4.32. The summed E-state index contributed by atoms with van der Waals surface area (Å²) in [5, 5.41) is 0. The van der Waals surface area contributed by atoms with Crippen molar-refractivity contribution >= 4 is 6.16 Å². The van der Waals surface area contributed by atoms with Gasteiger partial charge in [0, 0.05) is 0 Å². The standard InChI is InChI=1S/C9H18O3.H3N/c1-7(2)5-11-9(10)12-6-8(3)4;/h7-8H,5-6H2,1-4H3;1H3. The summed E-state index contributed by atoms with van der Waals surface area (Å²) in [4.78, 5) is 10.8. The zero-order valence-corrected chi connectivity index (χ0v) is 9.00. The number of carbonyl (C=O) groups is 1. The van der Waals surface area contributed by atoms with Crippen LogP contribution in [0.25, 0.3) is 0 Å². The quantitative estimate of drug-likeness (QED) is 0.693. The van der Waals surface area contributed by atoms with E-state index in [0.29, 0.717) is 25.0 Å². The molecule has 0 rings (SSSR count). The van der Waals surface area contributed by atoms with E-state index in [9.17, 15) is 4.79 Å². The van der Waals surface area contributed by atoms with E-state index in [1.165, 1.54) is 0 Å². The third-order valence-corrected chi connectivity index (χ3v) is 1.07. The Morgan fingerprint density at radius 3 is 1.54 bits per heavy atom. The van der Waals surface area contributed by atoms with Gasteiger partial charge in [-0.15, -0.1) is 0 Å². The smallest absolute Gasteiger partial charge is 0.434 e. The third kappa shape index (κ3) is 11.2. The minimum Gasteiger partial charge on any atom is -0.434 e. The van der Waals surface area contributed by atoms with E-state index in [4.69, 9.17) is 9.47 Å². The molecular weight excluding hydrogens is 170 g/mol. The molecule has 4 heteroatoms. The Bertz CT molecular complexity index is 121. The normalized spacial score (nSPS) is 9.69. The van der Waals surface area contributed by atoms with Crippen molar-refractivity contribution in [1.82, 2.24) is 6.15 Å². The SMILES string of the molecule is CC(C)COC(=O)OCC(C)C.N. The monoisotopic (exact) mass is 191 g/mol. The highest BCUT2D eigenvalue weighted by Crippen LogP contribution is 1.97. The average molecular weight is 191 g/mol. The Balaban J connectivity index is 0. The molecule has 0 bridgehead atoms. The molecule has 0 atom stereocenters. The van der Waals surface area contributed by atoms with Crippen LogP contribution in [0.15, 0.2) is 0 Å². The average Bonchev–Trinajstić information content (AvgIpc) is 1.96. The number of hydrogen-bond donors (Lipinski definition) is 1. The summed E-state index contributed by atoms with van der Waals surface area (Å²) < 4.78 is 9.59. The Kier molecular flexibility index (Phi) is 8.91. The van der Waals surface area contributed by atoms with Gasteiger partial charge in [0.1, 0.15) is 0 Å². The predicted molar refractivity (Wildman–Crippen MR) is 52.0 cm³/mol. The van der Waals surface area contributed by atoms with Crippen LogP contribution in [-0.2, 0) is 9.47 Å². The molecule has 0 aliphatic carbocycles. The van der Waals surface area contributed by atoms with Crippen molar-refractivity contribution in [2.24, 2.45) is 11.8 Å². The molecule has 0 aromatic rings. The largest absolute Gasteiger partial charge is 0.508 e. The van der Waals surface area contributed by atoms with Crippen LogP contribution in [0.4, 0.5) is 4.79 Å². The Hall–Kier alpha value is -0.770. The van der Waals surface area contributed by atoms with E-state index in [2.05, 4.69) is 0 Å². The van der Waals surface area contributed by atoms with Crippen LogP contribution >= 0.6 is 0 Å². The molecule has 0 heterocycles. The number of hydrogen-bond acceptors (Lipinski definition) is 4. The van der Waals surface area contributed by atoms with Gasteiger partial charge in [-0.3, -0.25) is 0 Å². The van der Waals surface area contributed by atoms with Crippen LogP contribution < -0.4 is 6.15 Å². The van der Waals surface area contributed by atoms with Gasteiger partial charge in [-0.1, -0.05) is 27.7 Å². The van der Waals surface area contributed by atoms with Crippen LogP contribution in [-0.4, -0.2) is 19.4 Å². The maximum absolute atomic E-state index is 10.8. The van der Waals surface area contributed by atoms with Crippen molar-refractivity contribution in [3.63, 3.8) is 0 Å². The molecule has 0 aliphatic heterocycles. The Morgan fingerprint density at radius 1 is 1.00 bits per heavy atom. The molecule has 0 aliphatic rings. The summed E-state index contributed by atoms with van der Waals surface area (Å²) in [6, 6.07) is 0. The molecule has 0 radical (unpaired) electrons. The zero-order chi connectivity index (χ0) is 9.56. The Morgan fingerprint density at radius 2 is 1.31 bits per heavy atom. The molecule has 0 spiro atoms. The van der Waals surface area contributed by atoms with E-state index in [1.54, 1.807) is 0 Å². The maximum atomic E-state index is 10.8. The topological polar surface area (TPSA) is 70.5 Å². The van der Waals surface area contributed by atoms with Crippen molar-refractivity contribution in [1.29, 1.82) is 0 Å². The summed E-state index contributed by atoms with van der Waals surface area (Å²) in [6.45, 7) is 8.78. The van der Waals surface area contributed by atoms with E-state index in [1.807, 2.05) is 27.7 Å². The predicted octanol–water partition coefficient (Wildman–Crippen LogP) is 2.61. The van der Waals surface area contributed by atoms with Crippen LogP contribution in [0, 0.1) is 11.8 Å². The van der Waals surface area contributed by atoms with Gasteiger partial charge in [0.2, 0.25) is 0 Å². The zero-order valence-electron chi connectivity index (χ0n) is 9.00. The maximum Gasteiger partial charge on any atom is 0.508 e. The molecule has 4 nitrogen and oxygen atoms in total. The molecule has 80 valence electrons. The fourth-order valence-electron chi connectivity index (χ4n) is 0.511. The van der Waals surface area contributed by atoms with Gasteiger partial charge in [0.15, 0.2) is 0 Å².